The van der Waals surface area contributed by atoms with E-state index in [1.165, 1.54) is 24.4 Å². The summed E-state index contributed by atoms with van der Waals surface area (Å²) in [7, 11) is 0. The molecule has 112 valence electrons. The van der Waals surface area contributed by atoms with Crippen LogP contribution in [0.2, 0.25) is 10.0 Å². The number of pyridine rings is 1. The van der Waals surface area contributed by atoms with Crippen LogP contribution in [0.15, 0.2) is 30.5 Å². The highest BCUT2D eigenvalue weighted by Crippen LogP contribution is 2.30. The summed E-state index contributed by atoms with van der Waals surface area (Å²) in [6, 6.07) is 5.99. The van der Waals surface area contributed by atoms with E-state index in [9.17, 15) is 4.39 Å². The van der Waals surface area contributed by atoms with Gasteiger partial charge in [0.05, 0.1) is 10.0 Å². The predicted molar refractivity (Wildman–Crippen MR) is 82.7 cm³/mol. The van der Waals surface area contributed by atoms with Gasteiger partial charge in [0, 0.05) is 24.8 Å². The number of ether oxygens (including phenoxy) is 1. The van der Waals surface area contributed by atoms with Crippen molar-refractivity contribution in [2.24, 2.45) is 0 Å². The Labute approximate surface area is 133 Å². The van der Waals surface area contributed by atoms with Crippen molar-refractivity contribution in [3.63, 3.8) is 0 Å². The molecule has 1 aromatic heterocycles. The Morgan fingerprint density at radius 2 is 2.00 bits per heavy atom. The summed E-state index contributed by atoms with van der Waals surface area (Å²) < 4.78 is 18.6. The van der Waals surface area contributed by atoms with Crippen LogP contribution in [-0.4, -0.2) is 11.0 Å². The molecule has 6 heteroatoms. The highest BCUT2D eigenvalue weighted by atomic mass is 35.5. The van der Waals surface area contributed by atoms with Gasteiger partial charge in [-0.3, -0.25) is 0 Å². The highest BCUT2D eigenvalue weighted by molar-refractivity contribution is 6.32. The van der Waals surface area contributed by atoms with Gasteiger partial charge in [-0.05, 0) is 23.8 Å². The van der Waals surface area contributed by atoms with E-state index < -0.39 is 5.82 Å². The van der Waals surface area contributed by atoms with E-state index >= 15 is 0 Å². The summed E-state index contributed by atoms with van der Waals surface area (Å²) in [5.74, 6) is 0.280. The van der Waals surface area contributed by atoms with Crippen molar-refractivity contribution in [1.29, 1.82) is 0 Å². The maximum atomic E-state index is 13.0. The number of rotatable bonds is 5. The molecular weight excluding hydrogens is 314 g/mol. The topological polar surface area (TPSA) is 34.1 Å². The molecule has 3 nitrogen and oxygen atoms in total. The molecule has 2 aromatic rings. The molecule has 0 amide bonds. The molecular formula is C15H15Cl2FN2O. The fourth-order valence-corrected chi connectivity index (χ4v) is 2.01. The van der Waals surface area contributed by atoms with Crippen LogP contribution in [0, 0.1) is 5.82 Å². The molecule has 0 fully saturated rings. The summed E-state index contributed by atoms with van der Waals surface area (Å²) >= 11 is 12.0. The Morgan fingerprint density at radius 3 is 2.67 bits per heavy atom. The van der Waals surface area contributed by atoms with Crippen molar-refractivity contribution >= 4 is 23.2 Å². The van der Waals surface area contributed by atoms with Gasteiger partial charge < -0.3 is 10.1 Å². The Bertz CT molecular complexity index is 635. The van der Waals surface area contributed by atoms with Gasteiger partial charge in [0.25, 0.3) is 0 Å². The third-order valence-electron chi connectivity index (χ3n) is 2.72. The highest BCUT2D eigenvalue weighted by Gasteiger charge is 2.09. The molecule has 0 aliphatic carbocycles. The maximum absolute atomic E-state index is 13.0. The lowest BCUT2D eigenvalue weighted by molar-refractivity contribution is 0.460. The zero-order valence-corrected chi connectivity index (χ0v) is 13.2. The van der Waals surface area contributed by atoms with Crippen LogP contribution in [-0.2, 0) is 6.54 Å². The Kier molecular flexibility index (Phi) is 5.39. The summed E-state index contributed by atoms with van der Waals surface area (Å²) in [4.78, 5) is 4.09. The second-order valence-electron chi connectivity index (χ2n) is 4.83. The normalized spacial score (nSPS) is 11.0. The summed E-state index contributed by atoms with van der Waals surface area (Å²) in [5, 5.41) is 4.01. The van der Waals surface area contributed by atoms with Crippen LogP contribution in [0.1, 0.15) is 19.4 Å². The number of aromatic nitrogens is 1. The van der Waals surface area contributed by atoms with Crippen LogP contribution < -0.4 is 10.1 Å². The Balaban J connectivity index is 2.18. The van der Waals surface area contributed by atoms with E-state index in [-0.39, 0.29) is 5.02 Å². The lowest BCUT2D eigenvalue weighted by Gasteiger charge is -2.11. The first kappa shape index (κ1) is 16.0. The van der Waals surface area contributed by atoms with Gasteiger partial charge in [-0.1, -0.05) is 37.0 Å². The minimum atomic E-state index is -0.418. The van der Waals surface area contributed by atoms with Crippen molar-refractivity contribution in [3.8, 4) is 11.6 Å². The number of benzene rings is 1. The largest absolute Gasteiger partial charge is 0.437 e. The summed E-state index contributed by atoms with van der Waals surface area (Å²) in [6.45, 7) is 4.70. The van der Waals surface area contributed by atoms with Crippen LogP contribution in [0.25, 0.3) is 0 Å². The minimum Gasteiger partial charge on any atom is -0.437 e. The lowest BCUT2D eigenvalue weighted by Crippen LogP contribution is -2.22. The average Bonchev–Trinajstić information content (AvgIpc) is 2.42. The first-order chi connectivity index (χ1) is 9.95. The molecule has 0 radical (unpaired) electrons. The molecule has 1 N–H and O–H groups in total. The molecule has 1 heterocycles. The molecule has 0 bridgehead atoms. The van der Waals surface area contributed by atoms with E-state index in [0.717, 1.165) is 5.56 Å². The lowest BCUT2D eigenvalue weighted by atomic mass is 10.2. The number of hydrogen-bond acceptors (Lipinski definition) is 3. The van der Waals surface area contributed by atoms with Gasteiger partial charge in [-0.2, -0.15) is 0 Å². The third kappa shape index (κ3) is 4.56. The molecule has 0 aliphatic heterocycles. The second-order valence-corrected chi connectivity index (χ2v) is 5.64. The van der Waals surface area contributed by atoms with Crippen LogP contribution in [0.4, 0.5) is 4.39 Å². The number of nitrogens with one attached hydrogen (secondary N) is 1. The first-order valence-electron chi connectivity index (χ1n) is 6.46. The summed E-state index contributed by atoms with van der Waals surface area (Å²) in [5.41, 5.74) is 0.869. The van der Waals surface area contributed by atoms with Crippen LogP contribution >= 0.6 is 23.2 Å². The molecule has 2 rings (SSSR count). The van der Waals surface area contributed by atoms with E-state index in [1.807, 2.05) is 13.8 Å². The first-order valence-corrected chi connectivity index (χ1v) is 7.22. The van der Waals surface area contributed by atoms with E-state index in [0.29, 0.717) is 29.2 Å². The number of hydrogen-bond donors (Lipinski definition) is 1. The van der Waals surface area contributed by atoms with E-state index in [1.54, 1.807) is 6.07 Å². The molecule has 0 saturated carbocycles. The molecule has 21 heavy (non-hydrogen) atoms. The van der Waals surface area contributed by atoms with E-state index in [4.69, 9.17) is 27.9 Å². The van der Waals surface area contributed by atoms with Gasteiger partial charge in [-0.25, -0.2) is 9.37 Å². The Hall–Kier alpha value is -1.36. The van der Waals surface area contributed by atoms with Crippen molar-refractivity contribution in [3.05, 3.63) is 51.9 Å². The molecule has 1 aromatic carbocycles. The monoisotopic (exact) mass is 328 g/mol. The molecule has 0 spiro atoms. The van der Waals surface area contributed by atoms with E-state index in [2.05, 4.69) is 10.3 Å². The quantitative estimate of drug-likeness (QED) is 0.854. The second kappa shape index (κ2) is 7.07. The molecule has 0 saturated heterocycles. The Morgan fingerprint density at radius 1 is 1.24 bits per heavy atom. The minimum absolute atomic E-state index is 0.189. The number of halogens is 3. The summed E-state index contributed by atoms with van der Waals surface area (Å²) in [6.07, 6.45) is 1.52. The molecule has 0 aliphatic rings. The maximum Gasteiger partial charge on any atom is 0.219 e. The fourth-order valence-electron chi connectivity index (χ4n) is 1.63. The van der Waals surface area contributed by atoms with Crippen LogP contribution in [0.5, 0.6) is 11.6 Å². The van der Waals surface area contributed by atoms with Gasteiger partial charge in [0.15, 0.2) is 0 Å². The van der Waals surface area contributed by atoms with Gasteiger partial charge >= 0.3 is 0 Å². The molecule has 0 unspecified atom stereocenters. The van der Waals surface area contributed by atoms with Crippen molar-refractivity contribution in [2.75, 3.05) is 0 Å². The zero-order chi connectivity index (χ0) is 15.4. The average molecular weight is 329 g/mol. The van der Waals surface area contributed by atoms with Crippen LogP contribution in [0.3, 0.4) is 0 Å². The van der Waals surface area contributed by atoms with Crippen molar-refractivity contribution < 1.29 is 9.13 Å². The zero-order valence-electron chi connectivity index (χ0n) is 11.7. The fraction of sp³-hybridized carbons (Fsp3) is 0.267. The van der Waals surface area contributed by atoms with Crippen molar-refractivity contribution in [2.45, 2.75) is 26.4 Å². The SMILES string of the molecule is CC(C)NCc1cc(Oc2ccc(F)cc2Cl)ncc1Cl. The third-order valence-corrected chi connectivity index (χ3v) is 3.35. The van der Waals surface area contributed by atoms with Crippen molar-refractivity contribution in [1.82, 2.24) is 10.3 Å². The standard InChI is InChI=1S/C15H15Cl2FN2O/c1-9(2)19-7-10-5-15(20-8-13(10)17)21-14-4-3-11(18)6-12(14)16/h3-6,8-9,19H,7H2,1-2H3. The van der Waals surface area contributed by atoms with Gasteiger partial charge in [0.1, 0.15) is 11.6 Å². The number of nitrogens with zero attached hydrogens (tertiary/aromatic N) is 1. The molecule has 0 atom stereocenters. The smallest absolute Gasteiger partial charge is 0.219 e. The van der Waals surface area contributed by atoms with Gasteiger partial charge in [0.2, 0.25) is 5.88 Å². The van der Waals surface area contributed by atoms with Gasteiger partial charge in [-0.15, -0.1) is 0 Å². The predicted octanol–water partition coefficient (Wildman–Crippen LogP) is 4.82.